The summed E-state index contributed by atoms with van der Waals surface area (Å²) in [6, 6.07) is 0. The van der Waals surface area contributed by atoms with Crippen molar-refractivity contribution in [3.05, 3.63) is 11.1 Å². The molecule has 2 atom stereocenters. The topological polar surface area (TPSA) is 63.6 Å². The van der Waals surface area contributed by atoms with Gasteiger partial charge in [-0.05, 0) is 26.7 Å². The number of allylic oxidation sites excluding steroid dienone is 2. The van der Waals surface area contributed by atoms with Crippen molar-refractivity contribution in [3.63, 3.8) is 0 Å². The molecule has 0 heterocycles. The Morgan fingerprint density at radius 2 is 1.67 bits per heavy atom. The molecule has 0 saturated carbocycles. The molecule has 0 bridgehead atoms. The van der Waals surface area contributed by atoms with Crippen LogP contribution in [0.2, 0.25) is 0 Å². The molecule has 1 N–H and O–H groups in total. The number of hydrogen-bond donors (Lipinski definition) is 1. The molecule has 0 spiro atoms. The first-order chi connectivity index (χ1) is 6.97. The SMILES string of the molecule is COC(=O)C1CC(C)=C(C)CC1C(=O)O. The highest BCUT2D eigenvalue weighted by Crippen LogP contribution is 2.34. The standard InChI is InChI=1S/C11H16O4/c1-6-4-8(10(12)13)9(5-7(6)2)11(14)15-3/h8-9H,4-5H2,1-3H3,(H,12,13). The van der Waals surface area contributed by atoms with Crippen LogP contribution in [0.25, 0.3) is 0 Å². The van der Waals surface area contributed by atoms with Gasteiger partial charge in [-0.3, -0.25) is 9.59 Å². The second kappa shape index (κ2) is 4.47. The van der Waals surface area contributed by atoms with Crippen LogP contribution in [-0.2, 0) is 14.3 Å². The molecule has 1 aliphatic rings. The third-order valence-electron chi connectivity index (χ3n) is 3.09. The van der Waals surface area contributed by atoms with Gasteiger partial charge in [0.1, 0.15) is 0 Å². The second-order valence-corrected chi connectivity index (χ2v) is 4.04. The van der Waals surface area contributed by atoms with Crippen LogP contribution < -0.4 is 0 Å². The molecule has 0 radical (unpaired) electrons. The third-order valence-corrected chi connectivity index (χ3v) is 3.09. The van der Waals surface area contributed by atoms with Crippen LogP contribution in [0.15, 0.2) is 11.1 Å². The van der Waals surface area contributed by atoms with E-state index in [4.69, 9.17) is 5.11 Å². The summed E-state index contributed by atoms with van der Waals surface area (Å²) >= 11 is 0. The van der Waals surface area contributed by atoms with Crippen LogP contribution in [0.3, 0.4) is 0 Å². The molecule has 84 valence electrons. The molecule has 0 amide bonds. The van der Waals surface area contributed by atoms with Gasteiger partial charge in [-0.25, -0.2) is 0 Å². The van der Waals surface area contributed by atoms with Crippen molar-refractivity contribution in [2.45, 2.75) is 26.7 Å². The van der Waals surface area contributed by atoms with E-state index in [1.807, 2.05) is 13.8 Å². The minimum absolute atomic E-state index is 0.422. The van der Waals surface area contributed by atoms with E-state index >= 15 is 0 Å². The lowest BCUT2D eigenvalue weighted by molar-refractivity contribution is -0.156. The van der Waals surface area contributed by atoms with Crippen molar-refractivity contribution in [2.75, 3.05) is 7.11 Å². The van der Waals surface area contributed by atoms with E-state index in [1.54, 1.807) is 0 Å². The van der Waals surface area contributed by atoms with Gasteiger partial charge in [0.15, 0.2) is 0 Å². The van der Waals surface area contributed by atoms with E-state index in [-0.39, 0.29) is 0 Å². The fraction of sp³-hybridized carbons (Fsp3) is 0.636. The van der Waals surface area contributed by atoms with E-state index in [2.05, 4.69) is 4.74 Å². The lowest BCUT2D eigenvalue weighted by atomic mass is 9.76. The third kappa shape index (κ3) is 2.37. The molecular formula is C11H16O4. The van der Waals surface area contributed by atoms with Gasteiger partial charge < -0.3 is 9.84 Å². The first kappa shape index (κ1) is 11.8. The normalized spacial score (nSPS) is 26.3. The minimum atomic E-state index is -0.919. The number of carbonyl (C=O) groups is 2. The largest absolute Gasteiger partial charge is 0.481 e. The predicted molar refractivity (Wildman–Crippen MR) is 54.2 cm³/mol. The first-order valence-corrected chi connectivity index (χ1v) is 4.93. The number of ether oxygens (including phenoxy) is 1. The summed E-state index contributed by atoms with van der Waals surface area (Å²) in [4.78, 5) is 22.4. The highest BCUT2D eigenvalue weighted by atomic mass is 16.5. The zero-order valence-corrected chi connectivity index (χ0v) is 9.24. The average molecular weight is 212 g/mol. The van der Waals surface area contributed by atoms with Gasteiger partial charge in [-0.1, -0.05) is 11.1 Å². The Morgan fingerprint density at radius 1 is 1.20 bits per heavy atom. The lowest BCUT2D eigenvalue weighted by Gasteiger charge is -2.28. The summed E-state index contributed by atoms with van der Waals surface area (Å²) in [6.45, 7) is 3.85. The van der Waals surface area contributed by atoms with Crippen molar-refractivity contribution in [1.29, 1.82) is 0 Å². The Labute approximate surface area is 88.9 Å². The number of esters is 1. The highest BCUT2D eigenvalue weighted by Gasteiger charge is 2.37. The fourth-order valence-electron chi connectivity index (χ4n) is 1.95. The van der Waals surface area contributed by atoms with Gasteiger partial charge in [0, 0.05) is 0 Å². The van der Waals surface area contributed by atoms with Gasteiger partial charge in [-0.15, -0.1) is 0 Å². The summed E-state index contributed by atoms with van der Waals surface area (Å²) in [5.74, 6) is -2.51. The molecule has 1 aliphatic carbocycles. The Hall–Kier alpha value is -1.32. The number of carboxylic acids is 1. The quantitative estimate of drug-likeness (QED) is 0.558. The molecule has 1 rings (SSSR count). The molecule has 15 heavy (non-hydrogen) atoms. The van der Waals surface area contributed by atoms with Crippen LogP contribution in [-0.4, -0.2) is 24.2 Å². The molecule has 0 aliphatic heterocycles. The van der Waals surface area contributed by atoms with Crippen molar-refractivity contribution in [2.24, 2.45) is 11.8 Å². The highest BCUT2D eigenvalue weighted by molar-refractivity contribution is 5.82. The Morgan fingerprint density at radius 3 is 2.07 bits per heavy atom. The van der Waals surface area contributed by atoms with Gasteiger partial charge in [0.05, 0.1) is 18.9 Å². The predicted octanol–water partition coefficient (Wildman–Crippen LogP) is 1.61. The molecule has 0 fully saturated rings. The molecule has 0 aromatic heterocycles. The van der Waals surface area contributed by atoms with Crippen molar-refractivity contribution < 1.29 is 19.4 Å². The fourth-order valence-corrected chi connectivity index (χ4v) is 1.95. The maximum Gasteiger partial charge on any atom is 0.309 e. The second-order valence-electron chi connectivity index (χ2n) is 4.04. The van der Waals surface area contributed by atoms with Crippen molar-refractivity contribution >= 4 is 11.9 Å². The molecular weight excluding hydrogens is 196 g/mol. The summed E-state index contributed by atoms with van der Waals surface area (Å²) in [7, 11) is 1.29. The molecule has 4 nitrogen and oxygen atoms in total. The van der Waals surface area contributed by atoms with E-state index in [9.17, 15) is 9.59 Å². The summed E-state index contributed by atoms with van der Waals surface area (Å²) < 4.78 is 4.63. The summed E-state index contributed by atoms with van der Waals surface area (Å²) in [6.07, 6.45) is 0.941. The monoisotopic (exact) mass is 212 g/mol. The van der Waals surface area contributed by atoms with E-state index in [1.165, 1.54) is 7.11 Å². The Bertz CT molecular complexity index is 317. The number of rotatable bonds is 2. The molecule has 0 saturated heterocycles. The molecule has 0 aromatic rings. The van der Waals surface area contributed by atoms with Gasteiger partial charge >= 0.3 is 11.9 Å². The van der Waals surface area contributed by atoms with Crippen LogP contribution in [0.1, 0.15) is 26.7 Å². The number of carbonyl (C=O) groups excluding carboxylic acids is 1. The van der Waals surface area contributed by atoms with Gasteiger partial charge in [-0.2, -0.15) is 0 Å². The average Bonchev–Trinajstić information content (AvgIpc) is 2.20. The molecule has 2 unspecified atom stereocenters. The zero-order valence-electron chi connectivity index (χ0n) is 9.24. The van der Waals surface area contributed by atoms with Crippen LogP contribution in [0.4, 0.5) is 0 Å². The van der Waals surface area contributed by atoms with Crippen LogP contribution in [0.5, 0.6) is 0 Å². The zero-order chi connectivity index (χ0) is 11.6. The van der Waals surface area contributed by atoms with E-state index < -0.39 is 23.8 Å². The maximum atomic E-state index is 11.4. The van der Waals surface area contributed by atoms with Gasteiger partial charge in [0.2, 0.25) is 0 Å². The minimum Gasteiger partial charge on any atom is -0.481 e. The summed E-state index contributed by atoms with van der Waals surface area (Å²) in [5.41, 5.74) is 2.17. The molecule has 4 heteroatoms. The number of aliphatic carboxylic acids is 1. The van der Waals surface area contributed by atoms with E-state index in [0.717, 1.165) is 11.1 Å². The van der Waals surface area contributed by atoms with Gasteiger partial charge in [0.25, 0.3) is 0 Å². The van der Waals surface area contributed by atoms with Crippen molar-refractivity contribution in [3.8, 4) is 0 Å². The lowest BCUT2D eigenvalue weighted by Crippen LogP contribution is -2.33. The summed E-state index contributed by atoms with van der Waals surface area (Å²) in [5, 5.41) is 9.03. The molecule has 0 aromatic carbocycles. The first-order valence-electron chi connectivity index (χ1n) is 4.93. The van der Waals surface area contributed by atoms with Crippen LogP contribution >= 0.6 is 0 Å². The Balaban J connectivity index is 2.94. The van der Waals surface area contributed by atoms with E-state index in [0.29, 0.717) is 12.8 Å². The number of methoxy groups -OCH3 is 1. The number of hydrogen-bond acceptors (Lipinski definition) is 3. The number of carboxylic acid groups (broad SMARTS) is 1. The smallest absolute Gasteiger partial charge is 0.309 e. The Kier molecular flexibility index (Phi) is 3.50. The van der Waals surface area contributed by atoms with Crippen LogP contribution in [0, 0.1) is 11.8 Å². The maximum absolute atomic E-state index is 11.4. The van der Waals surface area contributed by atoms with Crippen molar-refractivity contribution in [1.82, 2.24) is 0 Å².